The molecular formula is C12H24O3Si. The molecule has 0 aromatic rings. The van der Waals surface area contributed by atoms with Crippen LogP contribution in [0.1, 0.15) is 34.1 Å². The molecule has 0 amide bonds. The third kappa shape index (κ3) is 2.86. The van der Waals surface area contributed by atoms with E-state index in [0.29, 0.717) is 6.61 Å². The van der Waals surface area contributed by atoms with Gasteiger partial charge in [-0.05, 0) is 25.1 Å². The van der Waals surface area contributed by atoms with Gasteiger partial charge in [-0.25, -0.2) is 0 Å². The summed E-state index contributed by atoms with van der Waals surface area (Å²) in [5, 5.41) is 0.245. The normalized spacial score (nSPS) is 26.2. The molecule has 94 valence electrons. The maximum atomic E-state index is 10.9. The number of carbonyl (C=O) groups excluding carboxylic acids is 1. The van der Waals surface area contributed by atoms with Gasteiger partial charge in [-0.2, -0.15) is 0 Å². The Balaban J connectivity index is 2.28. The van der Waals surface area contributed by atoms with Crippen LogP contribution in [-0.4, -0.2) is 27.0 Å². The molecule has 1 rings (SSSR count). The Hall–Kier alpha value is -0.353. The molecular weight excluding hydrogens is 220 g/mol. The Morgan fingerprint density at radius 3 is 2.31 bits per heavy atom. The highest BCUT2D eigenvalue weighted by molar-refractivity contribution is 6.74. The van der Waals surface area contributed by atoms with Gasteiger partial charge in [0, 0.05) is 13.0 Å². The van der Waals surface area contributed by atoms with Crippen LogP contribution in [0.15, 0.2) is 0 Å². The summed E-state index contributed by atoms with van der Waals surface area (Å²) in [5.74, 6) is -0.0136. The first-order valence-corrected chi connectivity index (χ1v) is 8.90. The minimum atomic E-state index is -1.64. The first kappa shape index (κ1) is 13.7. The fraction of sp³-hybridized carbons (Fsp3) is 0.917. The lowest BCUT2D eigenvalue weighted by molar-refractivity contribution is -0.183. The van der Waals surface area contributed by atoms with E-state index >= 15 is 0 Å². The van der Waals surface area contributed by atoms with Crippen molar-refractivity contribution in [2.45, 2.75) is 58.4 Å². The molecule has 0 aromatic heterocycles. The molecule has 0 N–H and O–H groups in total. The quantitative estimate of drug-likeness (QED) is 0.563. The summed E-state index contributed by atoms with van der Waals surface area (Å²) >= 11 is 0. The second-order valence-electron chi connectivity index (χ2n) is 6.16. The van der Waals surface area contributed by atoms with Crippen molar-refractivity contribution in [1.82, 2.24) is 0 Å². The van der Waals surface area contributed by atoms with E-state index in [9.17, 15) is 4.79 Å². The van der Waals surface area contributed by atoms with E-state index in [1.54, 1.807) is 0 Å². The molecule has 1 aliphatic heterocycles. The number of carbonyl (C=O) groups is 1. The first-order chi connectivity index (χ1) is 7.15. The number of ether oxygens (including phenoxy) is 1. The highest BCUT2D eigenvalue weighted by Gasteiger charge is 2.40. The summed E-state index contributed by atoms with van der Waals surface area (Å²) in [4.78, 5) is 10.9. The summed E-state index contributed by atoms with van der Waals surface area (Å²) in [6, 6.07) is 0. The predicted octanol–water partition coefficient (Wildman–Crippen LogP) is 2.96. The third-order valence-corrected chi connectivity index (χ3v) is 8.41. The van der Waals surface area contributed by atoms with Gasteiger partial charge in [0.15, 0.2) is 8.32 Å². The van der Waals surface area contributed by atoms with E-state index in [-0.39, 0.29) is 23.0 Å². The SMILES string of the molecule is C[C@@H]1C(=O)O[C@H]1CCO[Si](C)(C)C(C)(C)C. The Morgan fingerprint density at radius 2 is 1.94 bits per heavy atom. The minimum Gasteiger partial charge on any atom is -0.461 e. The van der Waals surface area contributed by atoms with Gasteiger partial charge >= 0.3 is 5.97 Å². The van der Waals surface area contributed by atoms with Gasteiger partial charge in [-0.1, -0.05) is 20.8 Å². The second kappa shape index (κ2) is 4.49. The average molecular weight is 244 g/mol. The fourth-order valence-corrected chi connectivity index (χ4v) is 2.45. The summed E-state index contributed by atoms with van der Waals surface area (Å²) in [6.07, 6.45) is 0.914. The van der Waals surface area contributed by atoms with Gasteiger partial charge in [0.05, 0.1) is 5.92 Å². The number of hydrogen-bond donors (Lipinski definition) is 0. The van der Waals surface area contributed by atoms with E-state index in [2.05, 4.69) is 33.9 Å². The zero-order chi connectivity index (χ0) is 12.6. The molecule has 1 saturated heterocycles. The van der Waals surface area contributed by atoms with E-state index in [4.69, 9.17) is 9.16 Å². The predicted molar refractivity (Wildman–Crippen MR) is 66.8 cm³/mol. The molecule has 1 heterocycles. The van der Waals surface area contributed by atoms with Crippen LogP contribution in [-0.2, 0) is 14.0 Å². The molecule has 3 nitrogen and oxygen atoms in total. The number of hydrogen-bond acceptors (Lipinski definition) is 3. The van der Waals surface area contributed by atoms with Crippen LogP contribution in [0.2, 0.25) is 18.1 Å². The van der Waals surface area contributed by atoms with Crippen LogP contribution in [0.25, 0.3) is 0 Å². The monoisotopic (exact) mass is 244 g/mol. The van der Waals surface area contributed by atoms with Gasteiger partial charge in [-0.15, -0.1) is 0 Å². The van der Waals surface area contributed by atoms with E-state index < -0.39 is 8.32 Å². The maximum Gasteiger partial charge on any atom is 0.312 e. The Kier molecular flexibility index (Phi) is 3.85. The van der Waals surface area contributed by atoms with Crippen molar-refractivity contribution in [1.29, 1.82) is 0 Å². The lowest BCUT2D eigenvalue weighted by Crippen LogP contribution is -2.45. The van der Waals surface area contributed by atoms with Crippen molar-refractivity contribution < 1.29 is 14.0 Å². The van der Waals surface area contributed by atoms with Gasteiger partial charge in [0.1, 0.15) is 6.10 Å². The molecule has 16 heavy (non-hydrogen) atoms. The van der Waals surface area contributed by atoms with Gasteiger partial charge in [0.25, 0.3) is 0 Å². The largest absolute Gasteiger partial charge is 0.461 e. The van der Waals surface area contributed by atoms with Crippen molar-refractivity contribution >= 4 is 14.3 Å². The summed E-state index contributed by atoms with van der Waals surface area (Å²) in [7, 11) is -1.64. The lowest BCUT2D eigenvalue weighted by Gasteiger charge is -2.38. The van der Waals surface area contributed by atoms with Crippen LogP contribution in [0, 0.1) is 5.92 Å². The molecule has 0 bridgehead atoms. The van der Waals surface area contributed by atoms with E-state index in [1.807, 2.05) is 6.92 Å². The van der Waals surface area contributed by atoms with Crippen LogP contribution >= 0.6 is 0 Å². The van der Waals surface area contributed by atoms with Crippen molar-refractivity contribution in [2.24, 2.45) is 5.92 Å². The smallest absolute Gasteiger partial charge is 0.312 e. The zero-order valence-corrected chi connectivity index (χ0v) is 12.3. The summed E-state index contributed by atoms with van der Waals surface area (Å²) < 4.78 is 11.1. The molecule has 4 heteroatoms. The fourth-order valence-electron chi connectivity index (χ4n) is 1.39. The molecule has 0 unspecified atom stereocenters. The topological polar surface area (TPSA) is 35.5 Å². The maximum absolute atomic E-state index is 10.9. The number of rotatable bonds is 4. The molecule has 0 aromatic carbocycles. The third-order valence-electron chi connectivity index (χ3n) is 3.87. The Labute approximate surface area is 99.6 Å². The van der Waals surface area contributed by atoms with Gasteiger partial charge in [0.2, 0.25) is 0 Å². The number of esters is 1. The lowest BCUT2D eigenvalue weighted by atomic mass is 9.97. The van der Waals surface area contributed by atoms with Crippen molar-refractivity contribution in [3.05, 3.63) is 0 Å². The summed E-state index contributed by atoms with van der Waals surface area (Å²) in [6.45, 7) is 13.8. The molecule has 1 fully saturated rings. The van der Waals surface area contributed by atoms with Crippen molar-refractivity contribution in [3.63, 3.8) is 0 Å². The van der Waals surface area contributed by atoms with E-state index in [1.165, 1.54) is 0 Å². The molecule has 2 atom stereocenters. The zero-order valence-electron chi connectivity index (χ0n) is 11.3. The standard InChI is InChI=1S/C12H24O3Si/c1-9-10(15-11(9)13)7-8-14-16(5,6)12(2,3)4/h9-10H,7-8H2,1-6H3/t9-,10-/m0/s1. The second-order valence-corrected chi connectivity index (χ2v) is 11.0. The highest BCUT2D eigenvalue weighted by atomic mass is 28.4. The van der Waals surface area contributed by atoms with Crippen LogP contribution < -0.4 is 0 Å². The van der Waals surface area contributed by atoms with Crippen molar-refractivity contribution in [2.75, 3.05) is 6.61 Å². The number of cyclic esters (lactones) is 1. The minimum absolute atomic E-state index is 0.0583. The average Bonchev–Trinajstić information content (AvgIpc) is 2.14. The first-order valence-electron chi connectivity index (χ1n) is 5.99. The Morgan fingerprint density at radius 1 is 1.38 bits per heavy atom. The van der Waals surface area contributed by atoms with Gasteiger partial charge in [-0.3, -0.25) is 4.79 Å². The van der Waals surface area contributed by atoms with E-state index in [0.717, 1.165) is 6.42 Å². The molecule has 1 aliphatic rings. The molecule has 0 aliphatic carbocycles. The van der Waals surface area contributed by atoms with Crippen LogP contribution in [0.5, 0.6) is 0 Å². The molecule has 0 spiro atoms. The van der Waals surface area contributed by atoms with Gasteiger partial charge < -0.3 is 9.16 Å². The van der Waals surface area contributed by atoms with Crippen LogP contribution in [0.3, 0.4) is 0 Å². The molecule has 0 radical (unpaired) electrons. The Bertz CT molecular complexity index is 268. The van der Waals surface area contributed by atoms with Crippen molar-refractivity contribution in [3.8, 4) is 0 Å². The van der Waals surface area contributed by atoms with Crippen LogP contribution in [0.4, 0.5) is 0 Å². The summed E-state index contributed by atoms with van der Waals surface area (Å²) in [5.41, 5.74) is 0. The molecule has 0 saturated carbocycles. The highest BCUT2D eigenvalue weighted by Crippen LogP contribution is 2.37.